The van der Waals surface area contributed by atoms with E-state index in [0.717, 1.165) is 30.5 Å². The van der Waals surface area contributed by atoms with Gasteiger partial charge in [-0.15, -0.1) is 0 Å². The smallest absolute Gasteiger partial charge is 0.354 e. The number of unbranched alkanes of at least 4 members (excludes halogenated alkanes) is 1. The van der Waals surface area contributed by atoms with Crippen LogP contribution in [0.25, 0.3) is 0 Å². The molecule has 0 spiro atoms. The van der Waals surface area contributed by atoms with Crippen molar-refractivity contribution in [3.8, 4) is 0 Å². The minimum atomic E-state index is -4.80. The molecule has 0 aliphatic carbocycles. The summed E-state index contributed by atoms with van der Waals surface area (Å²) in [5.74, 6) is -1.25. The molecular formula is C30H33ClF3N3O4S. The first-order valence-corrected chi connectivity index (χ1v) is 15.1. The lowest BCUT2D eigenvalue weighted by Gasteiger charge is -2.32. The Balaban J connectivity index is 2.10. The van der Waals surface area contributed by atoms with Gasteiger partial charge in [0.05, 0.1) is 21.2 Å². The zero-order valence-corrected chi connectivity index (χ0v) is 25.1. The monoisotopic (exact) mass is 623 g/mol. The fourth-order valence-electron chi connectivity index (χ4n) is 4.24. The molecule has 0 bridgehead atoms. The number of nitrogens with one attached hydrogen (secondary N) is 1. The van der Waals surface area contributed by atoms with Crippen molar-refractivity contribution in [1.82, 2.24) is 10.2 Å². The second kappa shape index (κ2) is 14.1. The third kappa shape index (κ3) is 8.25. The molecule has 7 nitrogen and oxygen atoms in total. The van der Waals surface area contributed by atoms with Crippen molar-refractivity contribution in [2.24, 2.45) is 0 Å². The number of hydrogen-bond donors (Lipinski definition) is 1. The third-order valence-corrected chi connectivity index (χ3v) is 8.68. The number of sulfonamides is 1. The van der Waals surface area contributed by atoms with Crippen LogP contribution >= 0.6 is 11.6 Å². The third-order valence-electron chi connectivity index (χ3n) is 6.58. The summed E-state index contributed by atoms with van der Waals surface area (Å²) in [6.07, 6.45) is -3.24. The van der Waals surface area contributed by atoms with Crippen LogP contribution in [0.15, 0.2) is 77.7 Å². The Morgan fingerprint density at radius 2 is 1.69 bits per heavy atom. The van der Waals surface area contributed by atoms with Crippen LogP contribution in [0, 0.1) is 6.92 Å². The lowest BCUT2D eigenvalue weighted by molar-refractivity contribution is -0.139. The molecule has 0 radical (unpaired) electrons. The molecule has 0 aliphatic heterocycles. The van der Waals surface area contributed by atoms with Gasteiger partial charge in [0.2, 0.25) is 11.8 Å². The molecule has 0 heterocycles. The Morgan fingerprint density at radius 3 is 2.31 bits per heavy atom. The van der Waals surface area contributed by atoms with Crippen LogP contribution in [-0.2, 0) is 32.3 Å². The minimum Gasteiger partial charge on any atom is -0.354 e. The summed E-state index contributed by atoms with van der Waals surface area (Å²) in [6.45, 7) is 4.78. The van der Waals surface area contributed by atoms with Gasteiger partial charge in [0, 0.05) is 13.1 Å². The summed E-state index contributed by atoms with van der Waals surface area (Å²) in [5, 5.41) is 2.48. The van der Waals surface area contributed by atoms with Crippen molar-refractivity contribution in [2.75, 3.05) is 17.4 Å². The lowest BCUT2D eigenvalue weighted by Crippen LogP contribution is -2.51. The number of aryl methyl sites for hydroxylation is 1. The first-order valence-electron chi connectivity index (χ1n) is 13.3. The maximum Gasteiger partial charge on any atom is 0.416 e. The summed E-state index contributed by atoms with van der Waals surface area (Å²) in [7, 11) is -4.58. The highest BCUT2D eigenvalue weighted by atomic mass is 35.5. The summed E-state index contributed by atoms with van der Waals surface area (Å²) in [6, 6.07) is 15.5. The Hall–Kier alpha value is -3.57. The number of carbonyl (C=O) groups excluding carboxylic acids is 2. The molecule has 0 saturated heterocycles. The van der Waals surface area contributed by atoms with Crippen molar-refractivity contribution in [3.05, 3.63) is 94.5 Å². The highest BCUT2D eigenvalue weighted by Gasteiger charge is 2.36. The molecule has 0 aromatic heterocycles. The number of halogens is 4. The Morgan fingerprint density at radius 1 is 1.00 bits per heavy atom. The number of hydrogen-bond acceptors (Lipinski definition) is 4. The van der Waals surface area contributed by atoms with Crippen LogP contribution in [0.4, 0.5) is 18.9 Å². The van der Waals surface area contributed by atoms with Crippen molar-refractivity contribution >= 4 is 39.1 Å². The number of nitrogens with zero attached hydrogens (tertiary/aromatic N) is 2. The van der Waals surface area contributed by atoms with Crippen LogP contribution in [0.2, 0.25) is 5.02 Å². The zero-order chi connectivity index (χ0) is 31.1. The van der Waals surface area contributed by atoms with Gasteiger partial charge >= 0.3 is 6.18 Å². The van der Waals surface area contributed by atoms with Gasteiger partial charge < -0.3 is 10.2 Å². The lowest BCUT2D eigenvalue weighted by atomic mass is 10.1. The number of rotatable bonds is 12. The molecule has 3 rings (SSSR count). The van der Waals surface area contributed by atoms with E-state index in [-0.39, 0.29) is 16.5 Å². The molecule has 1 unspecified atom stereocenters. The highest BCUT2D eigenvalue weighted by Crippen LogP contribution is 2.37. The standard InChI is InChI=1S/C30H33ClF3N3O4S/c1-4-5-16-35-29(39)22(3)36(19-23-11-9-10-21(2)17-23)28(38)20-37(42(40,41)25-12-7-6-8-13-25)27-18-24(30(32,33)34)14-15-26(27)31/h6-15,17-18,22H,4-5,16,19-20H2,1-3H3,(H,35,39). The van der Waals surface area contributed by atoms with Gasteiger partial charge in [0.25, 0.3) is 10.0 Å². The number of alkyl halides is 3. The molecule has 0 fully saturated rings. The second-order valence-electron chi connectivity index (χ2n) is 9.82. The SMILES string of the molecule is CCCCNC(=O)C(C)N(Cc1cccc(C)c1)C(=O)CN(c1cc(C(F)(F)F)ccc1Cl)S(=O)(=O)c1ccccc1. The summed E-state index contributed by atoms with van der Waals surface area (Å²) >= 11 is 6.27. The first-order chi connectivity index (χ1) is 19.8. The quantitative estimate of drug-likeness (QED) is 0.244. The molecule has 0 aliphatic rings. The Kier molecular flexibility index (Phi) is 11.0. The average molecular weight is 624 g/mol. The van der Waals surface area contributed by atoms with E-state index in [2.05, 4.69) is 5.32 Å². The van der Waals surface area contributed by atoms with Gasteiger partial charge in [-0.2, -0.15) is 13.2 Å². The molecule has 1 N–H and O–H groups in total. The largest absolute Gasteiger partial charge is 0.416 e. The van der Waals surface area contributed by atoms with Crippen molar-refractivity contribution in [3.63, 3.8) is 0 Å². The van der Waals surface area contributed by atoms with Crippen molar-refractivity contribution < 1.29 is 31.2 Å². The topological polar surface area (TPSA) is 86.8 Å². The van der Waals surface area contributed by atoms with Crippen molar-refractivity contribution in [1.29, 1.82) is 0 Å². The number of carbonyl (C=O) groups is 2. The van der Waals surface area contributed by atoms with Crippen molar-refractivity contribution in [2.45, 2.75) is 57.3 Å². The van der Waals surface area contributed by atoms with Gasteiger partial charge in [-0.3, -0.25) is 13.9 Å². The molecule has 226 valence electrons. The predicted molar refractivity (Wildman–Crippen MR) is 157 cm³/mol. The van der Waals surface area contributed by atoms with E-state index in [9.17, 15) is 31.2 Å². The summed E-state index contributed by atoms with van der Waals surface area (Å²) in [5.41, 5.74) is -0.0581. The summed E-state index contributed by atoms with van der Waals surface area (Å²) in [4.78, 5) is 27.9. The van der Waals surface area contributed by atoms with Crippen LogP contribution in [0.1, 0.15) is 43.4 Å². The maximum absolute atomic E-state index is 13.9. The average Bonchev–Trinajstić information content (AvgIpc) is 2.94. The molecule has 0 saturated carbocycles. The molecule has 2 amide bonds. The maximum atomic E-state index is 13.9. The van der Waals surface area contributed by atoms with Gasteiger partial charge in [0.1, 0.15) is 12.6 Å². The summed E-state index contributed by atoms with van der Waals surface area (Å²) < 4.78 is 69.1. The predicted octanol–water partition coefficient (Wildman–Crippen LogP) is 6.20. The second-order valence-corrected chi connectivity index (χ2v) is 12.1. The minimum absolute atomic E-state index is 0.0432. The molecule has 42 heavy (non-hydrogen) atoms. The van der Waals surface area contributed by atoms with Gasteiger partial charge in [-0.1, -0.05) is 73.0 Å². The van der Waals surface area contributed by atoms with E-state index in [1.54, 1.807) is 18.2 Å². The van der Waals surface area contributed by atoms with Crippen LogP contribution in [-0.4, -0.2) is 44.3 Å². The van der Waals surface area contributed by atoms with Gasteiger partial charge in [0.15, 0.2) is 0 Å². The first kappa shape index (κ1) is 32.9. The molecule has 12 heteroatoms. The van der Waals surface area contributed by atoms with Crippen LogP contribution < -0.4 is 9.62 Å². The number of amides is 2. The molecular weight excluding hydrogens is 591 g/mol. The molecule has 3 aromatic rings. The number of anilines is 1. The van der Waals surface area contributed by atoms with E-state index < -0.39 is 51.9 Å². The van der Waals surface area contributed by atoms with E-state index in [1.165, 1.54) is 36.1 Å². The van der Waals surface area contributed by atoms with E-state index >= 15 is 0 Å². The zero-order valence-electron chi connectivity index (χ0n) is 23.5. The van der Waals surface area contributed by atoms with Gasteiger partial charge in [-0.05, 0) is 56.2 Å². The van der Waals surface area contributed by atoms with Crippen LogP contribution in [0.5, 0.6) is 0 Å². The Labute approximate surface area is 249 Å². The van der Waals surface area contributed by atoms with Crippen LogP contribution in [0.3, 0.4) is 0 Å². The fraction of sp³-hybridized carbons (Fsp3) is 0.333. The highest BCUT2D eigenvalue weighted by molar-refractivity contribution is 7.92. The fourth-order valence-corrected chi connectivity index (χ4v) is 5.95. The van der Waals surface area contributed by atoms with E-state index in [0.29, 0.717) is 22.5 Å². The Bertz CT molecular complexity index is 1500. The normalized spacial score (nSPS) is 12.5. The van der Waals surface area contributed by atoms with Gasteiger partial charge in [-0.25, -0.2) is 8.42 Å². The molecule has 1 atom stereocenters. The number of benzene rings is 3. The van der Waals surface area contributed by atoms with E-state index in [1.807, 2.05) is 26.0 Å². The van der Waals surface area contributed by atoms with E-state index in [4.69, 9.17) is 11.6 Å². The molecule has 3 aromatic carbocycles.